The van der Waals surface area contributed by atoms with Crippen molar-refractivity contribution in [3.63, 3.8) is 0 Å². The van der Waals surface area contributed by atoms with E-state index in [2.05, 4.69) is 26.8 Å². The molecule has 2 aliphatic rings. The van der Waals surface area contributed by atoms with Crippen LogP contribution >= 0.6 is 0 Å². The van der Waals surface area contributed by atoms with Gasteiger partial charge in [0.05, 0.1) is 4.90 Å². The van der Waals surface area contributed by atoms with E-state index in [4.69, 9.17) is 9.47 Å². The molecule has 2 heterocycles. The number of carbonyl (C=O) groups excluding carboxylic acids is 1. The Kier molecular flexibility index (Phi) is 7.91. The van der Waals surface area contributed by atoms with Crippen LogP contribution in [0.3, 0.4) is 0 Å². The van der Waals surface area contributed by atoms with E-state index in [1.54, 1.807) is 30.3 Å². The van der Waals surface area contributed by atoms with Gasteiger partial charge in [0, 0.05) is 50.0 Å². The first-order chi connectivity index (χ1) is 16.4. The van der Waals surface area contributed by atoms with Gasteiger partial charge in [0.25, 0.3) is 15.9 Å². The van der Waals surface area contributed by atoms with Crippen molar-refractivity contribution < 1.29 is 22.7 Å². The molecule has 9 nitrogen and oxygen atoms in total. The van der Waals surface area contributed by atoms with Crippen LogP contribution in [0.4, 0.5) is 5.69 Å². The molecule has 2 aliphatic heterocycles. The minimum absolute atomic E-state index is 0.0784. The fraction of sp³-hybridized carbons (Fsp3) is 0.458. The number of likely N-dealkylation sites (N-methyl/N-ethyl adjacent to an activating group) is 1. The molecule has 10 heteroatoms. The summed E-state index contributed by atoms with van der Waals surface area (Å²) in [5.41, 5.74) is 0.858. The quantitative estimate of drug-likeness (QED) is 0.521. The van der Waals surface area contributed by atoms with Gasteiger partial charge in [-0.2, -0.15) is 0 Å². The number of fused-ring (bicyclic) bond motifs is 1. The Bertz CT molecular complexity index is 1080. The van der Waals surface area contributed by atoms with Crippen molar-refractivity contribution in [2.45, 2.75) is 18.2 Å². The Hall–Kier alpha value is -2.82. The number of hydrogen-bond donors (Lipinski definition) is 2. The van der Waals surface area contributed by atoms with E-state index in [9.17, 15) is 13.2 Å². The van der Waals surface area contributed by atoms with Crippen molar-refractivity contribution in [3.8, 4) is 11.5 Å². The van der Waals surface area contributed by atoms with Crippen LogP contribution in [-0.4, -0.2) is 83.2 Å². The first kappa shape index (κ1) is 24.3. The van der Waals surface area contributed by atoms with Crippen LogP contribution in [0.25, 0.3) is 0 Å². The fourth-order valence-electron chi connectivity index (χ4n) is 4.03. The van der Waals surface area contributed by atoms with Crippen molar-refractivity contribution >= 4 is 21.6 Å². The first-order valence-electron chi connectivity index (χ1n) is 11.7. The average molecular weight is 489 g/mol. The Balaban J connectivity index is 1.25. The number of rotatable bonds is 9. The van der Waals surface area contributed by atoms with Gasteiger partial charge < -0.3 is 24.6 Å². The second-order valence-corrected chi connectivity index (χ2v) is 10.1. The number of sulfonamides is 1. The van der Waals surface area contributed by atoms with Crippen molar-refractivity contribution in [2.24, 2.45) is 0 Å². The zero-order valence-electron chi connectivity index (χ0n) is 19.5. The maximum Gasteiger partial charge on any atom is 0.262 e. The Morgan fingerprint density at radius 3 is 2.32 bits per heavy atom. The molecule has 184 valence electrons. The molecule has 0 aliphatic carbocycles. The van der Waals surface area contributed by atoms with Crippen LogP contribution in [0, 0.1) is 0 Å². The Morgan fingerprint density at radius 1 is 0.941 bits per heavy atom. The summed E-state index contributed by atoms with van der Waals surface area (Å²) in [7, 11) is -3.81. The Labute approximate surface area is 201 Å². The fourth-order valence-corrected chi connectivity index (χ4v) is 5.10. The number of anilines is 1. The van der Waals surface area contributed by atoms with Gasteiger partial charge in [0.15, 0.2) is 11.5 Å². The lowest BCUT2D eigenvalue weighted by molar-refractivity contribution is 0.0948. The van der Waals surface area contributed by atoms with E-state index >= 15 is 0 Å². The summed E-state index contributed by atoms with van der Waals surface area (Å²) in [6.45, 7) is 10.0. The van der Waals surface area contributed by atoms with E-state index in [1.807, 2.05) is 0 Å². The molecule has 0 atom stereocenters. The molecule has 0 radical (unpaired) electrons. The number of nitrogens with one attached hydrogen (secondary N) is 2. The molecule has 1 amide bonds. The highest BCUT2D eigenvalue weighted by Gasteiger charge is 2.20. The second-order valence-electron chi connectivity index (χ2n) is 8.37. The normalized spacial score (nSPS) is 16.7. The standard InChI is InChI=1S/C24H32N4O5S/c1-2-27-12-14-28(15-13-27)11-3-10-25-24(29)19-4-6-20(7-5-19)26-34(30,31)21-8-9-22-23(18-21)33-17-16-32-22/h4-9,18,26H,2-3,10-17H2,1H3,(H,25,29). The van der Waals surface area contributed by atoms with Crippen molar-refractivity contribution in [3.05, 3.63) is 48.0 Å². The van der Waals surface area contributed by atoms with Gasteiger partial charge in [0.2, 0.25) is 0 Å². The summed E-state index contributed by atoms with van der Waals surface area (Å²) < 4.78 is 38.9. The van der Waals surface area contributed by atoms with Gasteiger partial charge in [0.1, 0.15) is 13.2 Å². The van der Waals surface area contributed by atoms with Gasteiger partial charge in [-0.25, -0.2) is 8.42 Å². The maximum atomic E-state index is 12.8. The van der Waals surface area contributed by atoms with Crippen molar-refractivity contribution in [2.75, 3.05) is 63.7 Å². The number of nitrogens with zero attached hydrogens (tertiary/aromatic N) is 2. The number of piperazine rings is 1. The smallest absolute Gasteiger partial charge is 0.262 e. The van der Waals surface area contributed by atoms with Gasteiger partial charge in [-0.3, -0.25) is 9.52 Å². The highest BCUT2D eigenvalue weighted by atomic mass is 32.2. The number of amides is 1. The van der Waals surface area contributed by atoms with E-state index in [1.165, 1.54) is 12.1 Å². The van der Waals surface area contributed by atoms with E-state index in [-0.39, 0.29) is 10.8 Å². The second kappa shape index (κ2) is 11.1. The van der Waals surface area contributed by atoms with Crippen LogP contribution < -0.4 is 19.5 Å². The first-order valence-corrected chi connectivity index (χ1v) is 13.2. The zero-order valence-corrected chi connectivity index (χ0v) is 20.3. The number of carbonyl (C=O) groups is 1. The van der Waals surface area contributed by atoms with Crippen LogP contribution in [-0.2, 0) is 10.0 Å². The minimum atomic E-state index is -3.81. The molecule has 4 rings (SSSR count). The third kappa shape index (κ3) is 6.19. The molecular formula is C24H32N4O5S. The van der Waals surface area contributed by atoms with Crippen LogP contribution in [0.5, 0.6) is 11.5 Å². The molecule has 34 heavy (non-hydrogen) atoms. The Morgan fingerprint density at radius 2 is 1.62 bits per heavy atom. The average Bonchev–Trinajstić information content (AvgIpc) is 2.86. The number of benzene rings is 2. The summed E-state index contributed by atoms with van der Waals surface area (Å²) in [5, 5.41) is 2.94. The molecule has 0 aromatic heterocycles. The lowest BCUT2D eigenvalue weighted by atomic mass is 10.2. The monoisotopic (exact) mass is 488 g/mol. The number of hydrogen-bond acceptors (Lipinski definition) is 7. The summed E-state index contributed by atoms with van der Waals surface area (Å²) in [5.74, 6) is 0.765. The summed E-state index contributed by atoms with van der Waals surface area (Å²) >= 11 is 0. The molecule has 0 saturated carbocycles. The van der Waals surface area contributed by atoms with Gasteiger partial charge in [-0.1, -0.05) is 6.92 Å². The molecule has 2 aromatic carbocycles. The van der Waals surface area contributed by atoms with Gasteiger partial charge in [-0.15, -0.1) is 0 Å². The highest BCUT2D eigenvalue weighted by molar-refractivity contribution is 7.92. The summed E-state index contributed by atoms with van der Waals surface area (Å²) in [4.78, 5) is 17.4. The predicted molar refractivity (Wildman–Crippen MR) is 130 cm³/mol. The van der Waals surface area contributed by atoms with E-state index in [0.29, 0.717) is 42.5 Å². The summed E-state index contributed by atoms with van der Waals surface area (Å²) in [6.07, 6.45) is 0.894. The molecule has 0 spiro atoms. The highest BCUT2D eigenvalue weighted by Crippen LogP contribution is 2.32. The number of ether oxygens (including phenoxy) is 2. The van der Waals surface area contributed by atoms with Crippen LogP contribution in [0.15, 0.2) is 47.4 Å². The zero-order chi connectivity index (χ0) is 24.0. The lowest BCUT2D eigenvalue weighted by Crippen LogP contribution is -2.46. The molecular weight excluding hydrogens is 456 g/mol. The van der Waals surface area contributed by atoms with Gasteiger partial charge in [-0.05, 0) is 55.9 Å². The van der Waals surface area contributed by atoms with Gasteiger partial charge >= 0.3 is 0 Å². The van der Waals surface area contributed by atoms with E-state index < -0.39 is 10.0 Å². The third-order valence-electron chi connectivity index (χ3n) is 6.07. The minimum Gasteiger partial charge on any atom is -0.486 e. The molecule has 1 saturated heterocycles. The molecule has 2 aromatic rings. The third-order valence-corrected chi connectivity index (χ3v) is 7.45. The predicted octanol–water partition coefficient (Wildman–Crippen LogP) is 2.02. The molecule has 1 fully saturated rings. The molecule has 0 unspecified atom stereocenters. The maximum absolute atomic E-state index is 12.8. The lowest BCUT2D eigenvalue weighted by Gasteiger charge is -2.33. The molecule has 2 N–H and O–H groups in total. The summed E-state index contributed by atoms with van der Waals surface area (Å²) in [6, 6.07) is 10.9. The van der Waals surface area contributed by atoms with E-state index in [0.717, 1.165) is 45.7 Å². The topological polar surface area (TPSA) is 100 Å². The SMILES string of the molecule is CCN1CCN(CCCNC(=O)c2ccc(NS(=O)(=O)c3ccc4c(c3)OCCO4)cc2)CC1. The molecule has 0 bridgehead atoms. The van der Waals surface area contributed by atoms with Crippen molar-refractivity contribution in [1.82, 2.24) is 15.1 Å². The van der Waals surface area contributed by atoms with Crippen LogP contribution in [0.2, 0.25) is 0 Å². The van der Waals surface area contributed by atoms with Crippen molar-refractivity contribution in [1.29, 1.82) is 0 Å². The largest absolute Gasteiger partial charge is 0.486 e. The van der Waals surface area contributed by atoms with Crippen LogP contribution in [0.1, 0.15) is 23.7 Å².